The van der Waals surface area contributed by atoms with Crippen LogP contribution >= 0.6 is 0 Å². The van der Waals surface area contributed by atoms with E-state index in [1.807, 2.05) is 6.07 Å². The van der Waals surface area contributed by atoms with Crippen LogP contribution in [0.3, 0.4) is 0 Å². The van der Waals surface area contributed by atoms with Gasteiger partial charge in [-0.25, -0.2) is 0 Å². The highest BCUT2D eigenvalue weighted by molar-refractivity contribution is 6.08. The number of rotatable bonds is 3. The Morgan fingerprint density at radius 1 is 0.350 bits per heavy atom. The Balaban J connectivity index is 1.14. The molecule has 13 rings (SSSR count). The molecular weight excluding hydrogens is 727 g/mol. The topological polar surface area (TPSA) is 16.4 Å². The molecule has 0 atom stereocenters. The fraction of sp³-hybridized carbons (Fsp3) is 0.0690. The number of furan rings is 1. The maximum absolute atomic E-state index is 6.40. The van der Waals surface area contributed by atoms with Crippen LogP contribution in [-0.2, 0) is 10.8 Å². The number of para-hydroxylation sites is 1. The van der Waals surface area contributed by atoms with Crippen LogP contribution in [0.4, 0.5) is 17.1 Å². The average Bonchev–Trinajstić information content (AvgIpc) is 3.87. The van der Waals surface area contributed by atoms with Crippen molar-refractivity contribution in [2.75, 3.05) is 4.90 Å². The zero-order valence-corrected chi connectivity index (χ0v) is 33.4. The molecule has 2 nitrogen and oxygen atoms in total. The molecule has 0 saturated heterocycles. The first-order valence-electron chi connectivity index (χ1n) is 21.0. The molecule has 60 heavy (non-hydrogen) atoms. The van der Waals surface area contributed by atoms with Crippen molar-refractivity contribution in [3.63, 3.8) is 0 Å². The minimum absolute atomic E-state index is 0.156. The molecule has 2 heteroatoms. The van der Waals surface area contributed by atoms with Crippen LogP contribution in [0.25, 0.3) is 66.4 Å². The number of hydrogen-bond donors (Lipinski definition) is 0. The van der Waals surface area contributed by atoms with Gasteiger partial charge in [-0.2, -0.15) is 0 Å². The lowest BCUT2D eigenvalue weighted by Crippen LogP contribution is -2.29. The van der Waals surface area contributed by atoms with Crippen LogP contribution in [0.2, 0.25) is 0 Å². The first-order valence-corrected chi connectivity index (χ1v) is 21.0. The lowest BCUT2D eigenvalue weighted by Gasteiger charge is -2.36. The Hall–Kier alpha value is -7.42. The van der Waals surface area contributed by atoms with Gasteiger partial charge in [-0.3, -0.25) is 0 Å². The van der Waals surface area contributed by atoms with E-state index in [1.165, 1.54) is 77.9 Å². The first-order chi connectivity index (χ1) is 29.5. The molecule has 0 aliphatic heterocycles. The van der Waals surface area contributed by atoms with E-state index in [1.54, 1.807) is 0 Å². The molecule has 0 bridgehead atoms. The summed E-state index contributed by atoms with van der Waals surface area (Å²) >= 11 is 0. The molecule has 1 spiro atoms. The van der Waals surface area contributed by atoms with E-state index >= 15 is 0 Å². The van der Waals surface area contributed by atoms with Crippen molar-refractivity contribution in [2.24, 2.45) is 0 Å². The van der Waals surface area contributed by atoms with Gasteiger partial charge >= 0.3 is 0 Å². The zero-order valence-electron chi connectivity index (χ0n) is 33.4. The van der Waals surface area contributed by atoms with Gasteiger partial charge in [-0.15, -0.1) is 0 Å². The van der Waals surface area contributed by atoms with Crippen molar-refractivity contribution in [1.82, 2.24) is 0 Å². The quantitative estimate of drug-likeness (QED) is 0.178. The molecule has 0 N–H and O–H groups in total. The molecule has 10 aromatic rings. The number of benzene rings is 9. The maximum atomic E-state index is 6.40. The van der Waals surface area contributed by atoms with E-state index < -0.39 is 5.41 Å². The lowest BCUT2D eigenvalue weighted by atomic mass is 9.66. The van der Waals surface area contributed by atoms with Crippen LogP contribution in [0.1, 0.15) is 47.2 Å². The monoisotopic (exact) mass is 765 g/mol. The molecule has 282 valence electrons. The predicted octanol–water partition coefficient (Wildman–Crippen LogP) is 15.4. The van der Waals surface area contributed by atoms with Crippen molar-refractivity contribution in [2.45, 2.75) is 24.7 Å². The van der Waals surface area contributed by atoms with Crippen LogP contribution in [0.15, 0.2) is 205 Å². The molecule has 1 aromatic heterocycles. The van der Waals surface area contributed by atoms with Crippen molar-refractivity contribution in [1.29, 1.82) is 0 Å². The molecule has 0 radical (unpaired) electrons. The van der Waals surface area contributed by atoms with Gasteiger partial charge in [0.25, 0.3) is 0 Å². The largest absolute Gasteiger partial charge is 0.456 e. The minimum atomic E-state index is -0.577. The summed E-state index contributed by atoms with van der Waals surface area (Å²) in [6.45, 7) is 4.74. The van der Waals surface area contributed by atoms with Gasteiger partial charge in [0.05, 0.1) is 11.1 Å². The Bertz CT molecular complexity index is 3370. The van der Waals surface area contributed by atoms with Crippen LogP contribution in [0.5, 0.6) is 0 Å². The molecule has 0 fully saturated rings. The molecule has 0 amide bonds. The Morgan fingerprint density at radius 3 is 1.53 bits per heavy atom. The second kappa shape index (κ2) is 12.1. The summed E-state index contributed by atoms with van der Waals surface area (Å²) in [4.78, 5) is 2.51. The molecule has 3 aliphatic carbocycles. The molecule has 0 saturated carbocycles. The third-order valence-corrected chi connectivity index (χ3v) is 13.9. The third kappa shape index (κ3) is 4.27. The van der Waals surface area contributed by atoms with E-state index in [2.05, 4.69) is 213 Å². The zero-order chi connectivity index (χ0) is 39.7. The van der Waals surface area contributed by atoms with Gasteiger partial charge in [-0.1, -0.05) is 172 Å². The second-order valence-corrected chi connectivity index (χ2v) is 17.1. The Morgan fingerprint density at radius 2 is 0.833 bits per heavy atom. The van der Waals surface area contributed by atoms with Crippen molar-refractivity contribution in [3.05, 3.63) is 234 Å². The van der Waals surface area contributed by atoms with Crippen molar-refractivity contribution >= 4 is 39.0 Å². The smallest absolute Gasteiger partial charge is 0.135 e. The third-order valence-electron chi connectivity index (χ3n) is 13.9. The summed E-state index contributed by atoms with van der Waals surface area (Å²) in [5, 5.41) is 2.23. The highest BCUT2D eigenvalue weighted by Crippen LogP contribution is 2.64. The normalized spacial score (nSPS) is 14.4. The molecule has 0 unspecified atom stereocenters. The van der Waals surface area contributed by atoms with Gasteiger partial charge in [0, 0.05) is 33.1 Å². The fourth-order valence-corrected chi connectivity index (χ4v) is 11.4. The van der Waals surface area contributed by atoms with Crippen molar-refractivity contribution < 1.29 is 4.42 Å². The summed E-state index contributed by atoms with van der Waals surface area (Å²) in [6.07, 6.45) is 0. The first kappa shape index (κ1) is 33.5. The van der Waals surface area contributed by atoms with E-state index in [4.69, 9.17) is 4.42 Å². The summed E-state index contributed by atoms with van der Waals surface area (Å²) in [5.74, 6) is 0. The standard InChI is InChI=1S/C58H39NO/c1-57(2)47-23-10-5-20-42(47)43-32-30-37(35-52(43)57)59(36-31-33-55-46(34-36)44-21-9-14-29-54(44)60-55)53-28-15-27-51-56(53)45-22-8-13-26-50(45)58(51)48-24-11-6-18-40(48)38-16-3-4-17-39(38)41-19-7-12-25-49(41)58/h3-35H,1-2H3. The van der Waals surface area contributed by atoms with Crippen LogP contribution in [0, 0.1) is 0 Å². The van der Waals surface area contributed by atoms with Gasteiger partial charge in [-0.05, 0) is 115 Å². The minimum Gasteiger partial charge on any atom is -0.456 e. The summed E-state index contributed by atoms with van der Waals surface area (Å²) in [6, 6.07) is 74.6. The molecule has 9 aromatic carbocycles. The summed E-state index contributed by atoms with van der Waals surface area (Å²) < 4.78 is 6.40. The molecule has 3 aliphatic rings. The summed E-state index contributed by atoms with van der Waals surface area (Å²) in [7, 11) is 0. The lowest BCUT2D eigenvalue weighted by molar-refractivity contribution is 0.660. The van der Waals surface area contributed by atoms with Crippen LogP contribution < -0.4 is 4.90 Å². The highest BCUT2D eigenvalue weighted by Gasteiger charge is 2.50. The second-order valence-electron chi connectivity index (χ2n) is 17.1. The number of fused-ring (bicyclic) bond motifs is 18. The number of nitrogens with zero attached hydrogens (tertiary/aromatic N) is 1. The SMILES string of the molecule is CC1(C)c2ccccc2-c2ccc(N(c3ccc4oc5ccccc5c4c3)c3cccc4c3-c3ccccc3C43c4ccccc4-c4ccccc4-c4ccccc43)cc21. The fourth-order valence-electron chi connectivity index (χ4n) is 11.4. The number of anilines is 3. The highest BCUT2D eigenvalue weighted by atomic mass is 16.3. The van der Waals surface area contributed by atoms with E-state index in [-0.39, 0.29) is 5.41 Å². The molecule has 1 heterocycles. The van der Waals surface area contributed by atoms with E-state index in [0.717, 1.165) is 39.0 Å². The maximum Gasteiger partial charge on any atom is 0.135 e. The van der Waals surface area contributed by atoms with E-state index in [9.17, 15) is 0 Å². The van der Waals surface area contributed by atoms with Crippen LogP contribution in [-0.4, -0.2) is 0 Å². The predicted molar refractivity (Wildman–Crippen MR) is 248 cm³/mol. The van der Waals surface area contributed by atoms with Crippen molar-refractivity contribution in [3.8, 4) is 44.5 Å². The molecular formula is C58H39NO. The Kier molecular flexibility index (Phi) is 6.74. The Labute approximate surface area is 349 Å². The number of hydrogen-bond acceptors (Lipinski definition) is 2. The summed E-state index contributed by atoms with van der Waals surface area (Å²) in [5.41, 5.74) is 22.6. The van der Waals surface area contributed by atoms with Gasteiger partial charge < -0.3 is 9.32 Å². The van der Waals surface area contributed by atoms with Gasteiger partial charge in [0.1, 0.15) is 11.2 Å². The van der Waals surface area contributed by atoms with Gasteiger partial charge in [0.15, 0.2) is 0 Å². The van der Waals surface area contributed by atoms with Gasteiger partial charge in [0.2, 0.25) is 0 Å². The average molecular weight is 766 g/mol. The van der Waals surface area contributed by atoms with E-state index in [0.29, 0.717) is 0 Å².